The van der Waals surface area contributed by atoms with Gasteiger partial charge < -0.3 is 14.6 Å². The van der Waals surface area contributed by atoms with Crippen molar-refractivity contribution in [1.82, 2.24) is 14.8 Å². The molecule has 1 aromatic carbocycles. The number of rotatable bonds is 7. The van der Waals surface area contributed by atoms with Crippen LogP contribution >= 0.6 is 23.1 Å². The number of hydrogen-bond donors (Lipinski definition) is 1. The van der Waals surface area contributed by atoms with Crippen LogP contribution in [-0.4, -0.2) is 39.5 Å². The Labute approximate surface area is 177 Å². The molecule has 29 heavy (non-hydrogen) atoms. The topological polar surface area (TPSA) is 86.1 Å². The quantitative estimate of drug-likeness (QED) is 0.447. The molecule has 2 aromatic heterocycles. The number of nitrogens with zero attached hydrogens (tertiary/aromatic N) is 3. The number of aromatic nitrogens is 3. The van der Waals surface area contributed by atoms with Gasteiger partial charge in [-0.2, -0.15) is 0 Å². The number of nitrogens with one attached hydrogen (secondary N) is 1. The van der Waals surface area contributed by atoms with Crippen molar-refractivity contribution in [2.24, 2.45) is 0 Å². The fourth-order valence-corrected chi connectivity index (χ4v) is 4.65. The summed E-state index contributed by atoms with van der Waals surface area (Å²) in [4.78, 5) is 24.9. The molecule has 0 saturated carbocycles. The van der Waals surface area contributed by atoms with Crippen LogP contribution in [0.3, 0.4) is 0 Å². The molecule has 152 valence electrons. The minimum absolute atomic E-state index is 0.163. The van der Waals surface area contributed by atoms with Crippen molar-refractivity contribution >= 4 is 40.0 Å². The predicted octanol–water partition coefficient (Wildman–Crippen LogP) is 4.16. The summed E-state index contributed by atoms with van der Waals surface area (Å²) in [5.74, 6) is 0.271. The summed E-state index contributed by atoms with van der Waals surface area (Å²) >= 11 is 2.62. The Morgan fingerprint density at radius 2 is 1.93 bits per heavy atom. The molecule has 0 aliphatic carbocycles. The van der Waals surface area contributed by atoms with Gasteiger partial charge in [0.05, 0.1) is 12.9 Å². The van der Waals surface area contributed by atoms with Crippen molar-refractivity contribution in [2.45, 2.75) is 32.5 Å². The number of anilines is 1. The number of carbonyl (C=O) groups excluding carboxylic acids is 2. The van der Waals surface area contributed by atoms with E-state index < -0.39 is 5.97 Å². The molecule has 0 radical (unpaired) electrons. The molecule has 7 nitrogen and oxygen atoms in total. The number of benzene rings is 1. The van der Waals surface area contributed by atoms with E-state index in [1.165, 1.54) is 30.2 Å². The molecule has 0 atom stereocenters. The average molecular weight is 431 g/mol. The van der Waals surface area contributed by atoms with E-state index in [0.29, 0.717) is 15.7 Å². The van der Waals surface area contributed by atoms with Gasteiger partial charge in [0.25, 0.3) is 0 Å². The minimum atomic E-state index is -0.480. The molecule has 1 N–H and O–H groups in total. The van der Waals surface area contributed by atoms with E-state index in [4.69, 9.17) is 4.74 Å². The first-order valence-electron chi connectivity index (χ1n) is 9.03. The van der Waals surface area contributed by atoms with E-state index in [-0.39, 0.29) is 11.7 Å². The van der Waals surface area contributed by atoms with E-state index in [0.717, 1.165) is 29.1 Å². The highest BCUT2D eigenvalue weighted by atomic mass is 32.2. The second-order valence-corrected chi connectivity index (χ2v) is 8.14. The largest absolute Gasteiger partial charge is 0.465 e. The third kappa shape index (κ3) is 4.68. The first-order chi connectivity index (χ1) is 13.9. The third-order valence-corrected chi connectivity index (χ3v) is 6.21. The van der Waals surface area contributed by atoms with Crippen molar-refractivity contribution in [1.29, 1.82) is 0 Å². The number of hydrogen-bond acceptors (Lipinski definition) is 7. The lowest BCUT2D eigenvalue weighted by Gasteiger charge is -2.08. The zero-order chi connectivity index (χ0) is 21.0. The monoisotopic (exact) mass is 430 g/mol. The van der Waals surface area contributed by atoms with Crippen molar-refractivity contribution < 1.29 is 14.3 Å². The zero-order valence-corrected chi connectivity index (χ0v) is 18.3. The van der Waals surface area contributed by atoms with Gasteiger partial charge >= 0.3 is 5.97 Å². The van der Waals surface area contributed by atoms with E-state index in [1.807, 2.05) is 55.0 Å². The molecular weight excluding hydrogens is 408 g/mol. The molecule has 9 heteroatoms. The highest BCUT2D eigenvalue weighted by molar-refractivity contribution is 7.99. The van der Waals surface area contributed by atoms with Gasteiger partial charge in [0.1, 0.15) is 16.4 Å². The van der Waals surface area contributed by atoms with Crippen LogP contribution in [0.4, 0.5) is 5.00 Å². The number of methoxy groups -OCH3 is 1. The lowest BCUT2D eigenvalue weighted by atomic mass is 10.0. The summed E-state index contributed by atoms with van der Waals surface area (Å²) < 4.78 is 6.90. The third-order valence-electron chi connectivity index (χ3n) is 4.35. The van der Waals surface area contributed by atoms with Crippen molar-refractivity contribution in [3.05, 3.63) is 46.6 Å². The standard InChI is InChI=1S/C20H22N4O3S2/c1-5-24-13(3)22-23-20(24)29-11-16(25)21-18-17(19(26)27-4)15(10-28-18)14-8-6-12(2)7-9-14/h6-10H,5,11H2,1-4H3,(H,21,25). The number of thioether (sulfide) groups is 1. The summed E-state index contributed by atoms with van der Waals surface area (Å²) in [6.45, 7) is 6.62. The molecule has 0 saturated heterocycles. The van der Waals surface area contributed by atoms with Gasteiger partial charge in [-0.15, -0.1) is 21.5 Å². The first kappa shape index (κ1) is 21.1. The molecule has 2 heterocycles. The minimum Gasteiger partial charge on any atom is -0.465 e. The summed E-state index contributed by atoms with van der Waals surface area (Å²) in [6.07, 6.45) is 0. The Bertz CT molecular complexity index is 1030. The molecule has 0 unspecified atom stereocenters. The van der Waals surface area contributed by atoms with Crippen LogP contribution in [0.2, 0.25) is 0 Å². The van der Waals surface area contributed by atoms with Gasteiger partial charge in [0.2, 0.25) is 5.91 Å². The molecule has 3 rings (SSSR count). The number of thiophene rings is 1. The molecule has 0 bridgehead atoms. The van der Waals surface area contributed by atoms with Gasteiger partial charge in [-0.25, -0.2) is 4.79 Å². The van der Waals surface area contributed by atoms with Gasteiger partial charge in [0, 0.05) is 17.5 Å². The fourth-order valence-electron chi connectivity index (χ4n) is 2.83. The van der Waals surface area contributed by atoms with Crippen LogP contribution in [0.25, 0.3) is 11.1 Å². The Balaban J connectivity index is 1.78. The van der Waals surface area contributed by atoms with E-state index in [9.17, 15) is 9.59 Å². The Kier molecular flexibility index (Phi) is 6.71. The van der Waals surface area contributed by atoms with Crippen LogP contribution in [0, 0.1) is 13.8 Å². The van der Waals surface area contributed by atoms with Crippen molar-refractivity contribution in [3.8, 4) is 11.1 Å². The average Bonchev–Trinajstić information content (AvgIpc) is 3.29. The van der Waals surface area contributed by atoms with Crippen LogP contribution in [-0.2, 0) is 16.1 Å². The maximum absolute atomic E-state index is 12.5. The number of amides is 1. The number of esters is 1. The maximum atomic E-state index is 12.5. The van der Waals surface area contributed by atoms with Gasteiger partial charge in [0.15, 0.2) is 5.16 Å². The second kappa shape index (κ2) is 9.23. The molecular formula is C20H22N4O3S2. The lowest BCUT2D eigenvalue weighted by Crippen LogP contribution is -2.16. The van der Waals surface area contributed by atoms with E-state index >= 15 is 0 Å². The normalized spacial score (nSPS) is 10.8. The molecule has 0 aliphatic heterocycles. The molecule has 0 aliphatic rings. The number of aryl methyl sites for hydroxylation is 2. The Morgan fingerprint density at radius 1 is 1.21 bits per heavy atom. The number of carbonyl (C=O) groups is 2. The van der Waals surface area contributed by atoms with Crippen LogP contribution in [0.1, 0.15) is 28.7 Å². The van der Waals surface area contributed by atoms with Gasteiger partial charge in [-0.3, -0.25) is 4.79 Å². The fraction of sp³-hybridized carbons (Fsp3) is 0.300. The summed E-state index contributed by atoms with van der Waals surface area (Å²) in [7, 11) is 1.33. The van der Waals surface area contributed by atoms with Crippen molar-refractivity contribution in [3.63, 3.8) is 0 Å². The first-order valence-corrected chi connectivity index (χ1v) is 10.9. The number of ether oxygens (including phenoxy) is 1. The van der Waals surface area contributed by atoms with E-state index in [1.54, 1.807) is 0 Å². The van der Waals surface area contributed by atoms with E-state index in [2.05, 4.69) is 15.5 Å². The van der Waals surface area contributed by atoms with Crippen molar-refractivity contribution in [2.75, 3.05) is 18.2 Å². The summed E-state index contributed by atoms with van der Waals surface area (Å²) in [5.41, 5.74) is 3.14. The molecule has 0 spiro atoms. The van der Waals surface area contributed by atoms with Crippen LogP contribution in [0.5, 0.6) is 0 Å². The van der Waals surface area contributed by atoms with Gasteiger partial charge in [-0.05, 0) is 26.3 Å². The molecule has 1 amide bonds. The van der Waals surface area contributed by atoms with Crippen LogP contribution in [0.15, 0.2) is 34.8 Å². The van der Waals surface area contributed by atoms with Gasteiger partial charge in [-0.1, -0.05) is 41.6 Å². The summed E-state index contributed by atoms with van der Waals surface area (Å²) in [6, 6.07) is 7.86. The second-order valence-electron chi connectivity index (χ2n) is 6.32. The van der Waals surface area contributed by atoms with Crippen LogP contribution < -0.4 is 5.32 Å². The highest BCUT2D eigenvalue weighted by Gasteiger charge is 2.22. The Hall–Kier alpha value is -2.65. The molecule has 3 aromatic rings. The maximum Gasteiger partial charge on any atom is 0.341 e. The molecule has 0 fully saturated rings. The predicted molar refractivity (Wildman–Crippen MR) is 116 cm³/mol. The Morgan fingerprint density at radius 3 is 2.59 bits per heavy atom. The highest BCUT2D eigenvalue weighted by Crippen LogP contribution is 2.36. The smallest absolute Gasteiger partial charge is 0.341 e. The SMILES string of the molecule is CCn1c(C)nnc1SCC(=O)Nc1scc(-c2ccc(C)cc2)c1C(=O)OC. The summed E-state index contributed by atoms with van der Waals surface area (Å²) in [5, 5.41) is 14.0. The lowest BCUT2D eigenvalue weighted by molar-refractivity contribution is -0.113. The zero-order valence-electron chi connectivity index (χ0n) is 16.7.